The Balaban J connectivity index is 0.00000210. The van der Waals surface area contributed by atoms with Crippen molar-refractivity contribution in [3.63, 3.8) is 0 Å². The summed E-state index contributed by atoms with van der Waals surface area (Å²) in [6.07, 6.45) is -0.588. The Morgan fingerprint density at radius 3 is 2.48 bits per heavy atom. The van der Waals surface area contributed by atoms with Crippen LogP contribution in [0.2, 0.25) is 0 Å². The van der Waals surface area contributed by atoms with Gasteiger partial charge in [0.2, 0.25) is 5.91 Å². The zero-order chi connectivity index (χ0) is 18.5. The predicted octanol–water partition coefficient (Wildman–Crippen LogP) is 2.39. The summed E-state index contributed by atoms with van der Waals surface area (Å²) >= 11 is 0. The van der Waals surface area contributed by atoms with Gasteiger partial charge in [0.1, 0.15) is 0 Å². The molecule has 148 valence electrons. The summed E-state index contributed by atoms with van der Waals surface area (Å²) in [5, 5.41) is 0.115. The number of nitrogens with two attached hydrogens (primary N) is 1. The third-order valence-electron chi connectivity index (χ3n) is 5.30. The highest BCUT2D eigenvalue weighted by molar-refractivity contribution is 5.92. The normalized spacial score (nSPS) is 23.1. The van der Waals surface area contributed by atoms with Gasteiger partial charge in [0.15, 0.2) is 5.82 Å². The molecule has 0 bridgehead atoms. The number of hydrogen-bond donors (Lipinski definition) is 2. The van der Waals surface area contributed by atoms with E-state index in [0.29, 0.717) is 37.5 Å². The molecule has 0 unspecified atom stereocenters. The van der Waals surface area contributed by atoms with Crippen molar-refractivity contribution < 1.29 is 18.0 Å². The van der Waals surface area contributed by atoms with Gasteiger partial charge in [0, 0.05) is 55.9 Å². The molecule has 2 aliphatic rings. The van der Waals surface area contributed by atoms with Crippen molar-refractivity contribution in [1.82, 2.24) is 14.9 Å². The Hall–Kier alpha value is -2.00. The number of amides is 1. The van der Waals surface area contributed by atoms with E-state index in [9.17, 15) is 18.0 Å². The van der Waals surface area contributed by atoms with E-state index < -0.39 is 11.7 Å². The second-order valence-electron chi connectivity index (χ2n) is 7.00. The molecule has 27 heavy (non-hydrogen) atoms. The fraction of sp³-hybridized carbons (Fsp3) is 0.529. The van der Waals surface area contributed by atoms with Gasteiger partial charge in [-0.1, -0.05) is 0 Å². The van der Waals surface area contributed by atoms with Crippen LogP contribution in [-0.4, -0.2) is 53.0 Å². The molecule has 3 N–H and O–H groups in total. The third kappa shape index (κ3) is 3.58. The molecular formula is C17H21ClF3N5O. The summed E-state index contributed by atoms with van der Waals surface area (Å²) in [5.74, 6) is 0.656. The molecule has 4 rings (SSSR count). The zero-order valence-corrected chi connectivity index (χ0v) is 15.3. The first-order valence-electron chi connectivity index (χ1n) is 8.67. The number of carbonyl (C=O) groups is 1. The number of piperazine rings is 1. The SMILES string of the molecule is Cl.NC1CC(C(=O)N2CCN(c3ncc(C(F)(F)F)c4cc[nH]c34)CC2)C1. The molecule has 2 aromatic heterocycles. The summed E-state index contributed by atoms with van der Waals surface area (Å²) in [6.45, 7) is 2.15. The molecule has 0 radical (unpaired) electrons. The van der Waals surface area contributed by atoms with Gasteiger partial charge in [-0.2, -0.15) is 13.2 Å². The molecule has 1 saturated heterocycles. The molecule has 1 aliphatic heterocycles. The van der Waals surface area contributed by atoms with Crippen molar-refractivity contribution in [3.8, 4) is 0 Å². The number of alkyl halides is 3. The van der Waals surface area contributed by atoms with Crippen molar-refractivity contribution in [2.75, 3.05) is 31.1 Å². The second-order valence-corrected chi connectivity index (χ2v) is 7.00. The van der Waals surface area contributed by atoms with Crippen molar-refractivity contribution >= 4 is 35.0 Å². The summed E-state index contributed by atoms with van der Waals surface area (Å²) in [6, 6.07) is 1.55. The number of aromatic amines is 1. The second kappa shape index (κ2) is 7.20. The van der Waals surface area contributed by atoms with Crippen LogP contribution in [0, 0.1) is 5.92 Å². The van der Waals surface area contributed by atoms with Gasteiger partial charge < -0.3 is 20.5 Å². The quantitative estimate of drug-likeness (QED) is 0.807. The van der Waals surface area contributed by atoms with Crippen LogP contribution in [-0.2, 0) is 11.0 Å². The summed E-state index contributed by atoms with van der Waals surface area (Å²) < 4.78 is 39.4. The highest BCUT2D eigenvalue weighted by Crippen LogP contribution is 2.37. The number of H-pyrrole nitrogens is 1. The van der Waals surface area contributed by atoms with E-state index in [-0.39, 0.29) is 35.7 Å². The first kappa shape index (κ1) is 19.8. The average Bonchev–Trinajstić information content (AvgIpc) is 3.06. The molecule has 1 aliphatic carbocycles. The number of pyridine rings is 1. The molecule has 2 aromatic rings. The van der Waals surface area contributed by atoms with Crippen LogP contribution in [0.3, 0.4) is 0 Å². The summed E-state index contributed by atoms with van der Waals surface area (Å²) in [7, 11) is 0. The van der Waals surface area contributed by atoms with E-state index in [4.69, 9.17) is 5.73 Å². The number of hydrogen-bond acceptors (Lipinski definition) is 4. The maximum atomic E-state index is 13.1. The Bertz CT molecular complexity index is 826. The third-order valence-corrected chi connectivity index (χ3v) is 5.30. The van der Waals surface area contributed by atoms with E-state index in [1.807, 2.05) is 9.80 Å². The highest BCUT2D eigenvalue weighted by atomic mass is 35.5. The van der Waals surface area contributed by atoms with Gasteiger partial charge in [0.05, 0.1) is 11.1 Å². The molecule has 0 spiro atoms. The van der Waals surface area contributed by atoms with Crippen molar-refractivity contribution in [2.24, 2.45) is 11.7 Å². The van der Waals surface area contributed by atoms with Crippen LogP contribution in [0.15, 0.2) is 18.5 Å². The zero-order valence-electron chi connectivity index (χ0n) is 14.5. The van der Waals surface area contributed by atoms with Gasteiger partial charge in [0.25, 0.3) is 0 Å². The smallest absolute Gasteiger partial charge is 0.358 e. The average molecular weight is 404 g/mol. The van der Waals surface area contributed by atoms with E-state index in [1.54, 1.807) is 0 Å². The number of nitrogens with one attached hydrogen (secondary N) is 1. The van der Waals surface area contributed by atoms with Crippen LogP contribution < -0.4 is 10.6 Å². The van der Waals surface area contributed by atoms with Crippen LogP contribution >= 0.6 is 12.4 Å². The maximum Gasteiger partial charge on any atom is 0.418 e. The van der Waals surface area contributed by atoms with E-state index in [2.05, 4.69) is 9.97 Å². The standard InChI is InChI=1S/C17H20F3N5O.ClH/c18-17(19,20)13-9-23-15(14-12(13)1-2-22-14)24-3-5-25(6-4-24)16(26)10-7-11(21)8-10;/h1-2,9-11,22H,3-8,21H2;1H. The largest absolute Gasteiger partial charge is 0.418 e. The number of halogens is 4. The van der Waals surface area contributed by atoms with Crippen LogP contribution in [0.4, 0.5) is 19.0 Å². The van der Waals surface area contributed by atoms with Crippen LogP contribution in [0.1, 0.15) is 18.4 Å². The van der Waals surface area contributed by atoms with E-state index in [0.717, 1.165) is 19.0 Å². The minimum absolute atomic E-state index is 0. The minimum atomic E-state index is -4.44. The maximum absolute atomic E-state index is 13.1. The monoisotopic (exact) mass is 403 g/mol. The molecule has 3 heterocycles. The van der Waals surface area contributed by atoms with Gasteiger partial charge in [-0.05, 0) is 18.9 Å². The Kier molecular flexibility index (Phi) is 5.27. The number of aromatic nitrogens is 2. The fourth-order valence-electron chi connectivity index (χ4n) is 3.76. The topological polar surface area (TPSA) is 78.2 Å². The van der Waals surface area contributed by atoms with Gasteiger partial charge in [-0.3, -0.25) is 4.79 Å². The van der Waals surface area contributed by atoms with Crippen LogP contribution in [0.5, 0.6) is 0 Å². The Labute approximate surface area is 160 Å². The van der Waals surface area contributed by atoms with Crippen molar-refractivity contribution in [2.45, 2.75) is 25.1 Å². The fourth-order valence-corrected chi connectivity index (χ4v) is 3.76. The predicted molar refractivity (Wildman–Crippen MR) is 97.8 cm³/mol. The van der Waals surface area contributed by atoms with Crippen molar-refractivity contribution in [1.29, 1.82) is 0 Å². The number of anilines is 1. The molecule has 6 nitrogen and oxygen atoms in total. The molecular weight excluding hydrogens is 383 g/mol. The minimum Gasteiger partial charge on any atom is -0.358 e. The van der Waals surface area contributed by atoms with Gasteiger partial charge in [-0.15, -0.1) is 12.4 Å². The molecule has 1 amide bonds. The van der Waals surface area contributed by atoms with E-state index >= 15 is 0 Å². The molecule has 10 heteroatoms. The summed E-state index contributed by atoms with van der Waals surface area (Å²) in [4.78, 5) is 23.1. The van der Waals surface area contributed by atoms with Gasteiger partial charge in [-0.25, -0.2) is 4.98 Å². The van der Waals surface area contributed by atoms with Crippen LogP contribution in [0.25, 0.3) is 10.9 Å². The lowest BCUT2D eigenvalue weighted by molar-refractivity contribution is -0.139. The molecule has 2 fully saturated rings. The first-order chi connectivity index (χ1) is 12.3. The Morgan fingerprint density at radius 1 is 1.22 bits per heavy atom. The number of nitrogens with zero attached hydrogens (tertiary/aromatic N) is 3. The Morgan fingerprint density at radius 2 is 1.89 bits per heavy atom. The first-order valence-corrected chi connectivity index (χ1v) is 8.67. The highest BCUT2D eigenvalue weighted by Gasteiger charge is 2.37. The number of carbonyl (C=O) groups excluding carboxylic acids is 1. The van der Waals surface area contributed by atoms with E-state index in [1.165, 1.54) is 12.3 Å². The molecule has 1 saturated carbocycles. The molecule has 0 aromatic carbocycles. The lowest BCUT2D eigenvalue weighted by Gasteiger charge is -2.40. The summed E-state index contributed by atoms with van der Waals surface area (Å²) in [5.41, 5.74) is 5.39. The lowest BCUT2D eigenvalue weighted by Crippen LogP contribution is -2.53. The number of fused-ring (bicyclic) bond motifs is 1. The van der Waals surface area contributed by atoms with Crippen molar-refractivity contribution in [3.05, 3.63) is 24.0 Å². The van der Waals surface area contributed by atoms with Gasteiger partial charge >= 0.3 is 6.18 Å². The lowest BCUT2D eigenvalue weighted by atomic mass is 9.80. The molecule has 0 atom stereocenters. The number of rotatable bonds is 2.